The lowest BCUT2D eigenvalue weighted by Crippen LogP contribution is -2.40. The normalized spacial score (nSPS) is 17.6. The number of hydrogen-bond acceptors (Lipinski definition) is 5. The second kappa shape index (κ2) is 15.1. The topological polar surface area (TPSA) is 73.9 Å². The van der Waals surface area contributed by atoms with Crippen LogP contribution >= 0.6 is 0 Å². The van der Waals surface area contributed by atoms with E-state index in [1.165, 1.54) is 64.2 Å². The van der Waals surface area contributed by atoms with Crippen molar-refractivity contribution in [1.29, 1.82) is 0 Å². The summed E-state index contributed by atoms with van der Waals surface area (Å²) in [5.74, 6) is 0. The first-order chi connectivity index (χ1) is 14.3. The van der Waals surface area contributed by atoms with Crippen molar-refractivity contribution in [3.8, 4) is 0 Å². The number of alkyl carbamates (subject to hydrolysis) is 1. The molecule has 0 saturated carbocycles. The minimum Gasteiger partial charge on any atom is -0.447 e. The van der Waals surface area contributed by atoms with Crippen molar-refractivity contribution in [2.24, 2.45) is 0 Å². The predicted octanol–water partition coefficient (Wildman–Crippen LogP) is 6.67. The van der Waals surface area contributed by atoms with E-state index in [-0.39, 0.29) is 6.61 Å². The van der Waals surface area contributed by atoms with E-state index in [9.17, 15) is 9.59 Å². The zero-order valence-corrected chi connectivity index (χ0v) is 19.5. The molecule has 1 heterocycles. The molecule has 30 heavy (non-hydrogen) atoms. The molecule has 0 bridgehead atoms. The summed E-state index contributed by atoms with van der Waals surface area (Å²) in [6.07, 6.45) is 17.4. The average molecular weight is 426 g/mol. The van der Waals surface area contributed by atoms with Crippen LogP contribution in [0.15, 0.2) is 12.2 Å². The summed E-state index contributed by atoms with van der Waals surface area (Å²) in [4.78, 5) is 23.3. The zero-order valence-electron chi connectivity index (χ0n) is 19.5. The molecule has 1 fully saturated rings. The van der Waals surface area contributed by atoms with Crippen molar-refractivity contribution in [2.75, 3.05) is 6.61 Å². The van der Waals surface area contributed by atoms with Crippen molar-refractivity contribution in [3.05, 3.63) is 12.2 Å². The van der Waals surface area contributed by atoms with Gasteiger partial charge in [-0.1, -0.05) is 77.2 Å². The smallest absolute Gasteiger partial charge is 0.447 e. The Morgan fingerprint density at radius 1 is 1.07 bits per heavy atom. The first-order valence-corrected chi connectivity index (χ1v) is 11.8. The summed E-state index contributed by atoms with van der Waals surface area (Å²) in [5, 5.41) is 2.67. The number of carbonyl (C=O) groups excluding carboxylic acids is 2. The lowest BCUT2D eigenvalue weighted by atomic mass is 10.0. The van der Waals surface area contributed by atoms with Gasteiger partial charge in [-0.25, -0.2) is 9.59 Å². The first-order valence-electron chi connectivity index (χ1n) is 11.8. The number of hydrogen-bond donors (Lipinski definition) is 1. The summed E-state index contributed by atoms with van der Waals surface area (Å²) in [6.45, 7) is 7.78. The maximum absolute atomic E-state index is 12.0. The third-order valence-corrected chi connectivity index (χ3v) is 5.02. The summed E-state index contributed by atoms with van der Waals surface area (Å²) >= 11 is 0. The molecule has 1 amide bonds. The molecular weight excluding hydrogens is 382 g/mol. The van der Waals surface area contributed by atoms with Crippen LogP contribution in [0.1, 0.15) is 105 Å². The van der Waals surface area contributed by atoms with E-state index in [2.05, 4.69) is 12.2 Å². The van der Waals surface area contributed by atoms with Crippen LogP contribution in [-0.4, -0.2) is 36.6 Å². The fourth-order valence-corrected chi connectivity index (χ4v) is 3.37. The minimum atomic E-state index is -0.743. The van der Waals surface area contributed by atoms with E-state index in [1.54, 1.807) is 20.8 Å². The number of nitrogens with one attached hydrogen (secondary N) is 1. The quantitative estimate of drug-likeness (QED) is 0.180. The zero-order chi connectivity index (χ0) is 22.2. The molecule has 0 radical (unpaired) electrons. The number of allylic oxidation sites excluding steroid dienone is 1. The number of amides is 1. The van der Waals surface area contributed by atoms with Gasteiger partial charge in [0.15, 0.2) is 0 Å². The third kappa shape index (κ3) is 13.5. The summed E-state index contributed by atoms with van der Waals surface area (Å²) in [6, 6.07) is -0.390. The Balaban J connectivity index is 2.21. The molecule has 0 unspecified atom stereocenters. The highest BCUT2D eigenvalue weighted by Gasteiger charge is 2.32. The minimum absolute atomic E-state index is 0.176. The Morgan fingerprint density at radius 3 is 2.13 bits per heavy atom. The van der Waals surface area contributed by atoms with Gasteiger partial charge in [0.2, 0.25) is 0 Å². The fourth-order valence-electron chi connectivity index (χ4n) is 3.37. The Kier molecular flexibility index (Phi) is 13.3. The van der Waals surface area contributed by atoms with Crippen LogP contribution in [0.2, 0.25) is 0 Å². The summed E-state index contributed by atoms with van der Waals surface area (Å²) in [7, 11) is 0. The largest absolute Gasteiger partial charge is 0.509 e. The second-order valence-corrected chi connectivity index (χ2v) is 9.15. The molecule has 0 aromatic heterocycles. The van der Waals surface area contributed by atoms with Gasteiger partial charge >= 0.3 is 12.2 Å². The number of unbranched alkanes of at least 4 members (excludes halogenated alkanes) is 11. The molecule has 0 aliphatic carbocycles. The number of ether oxygens (including phenoxy) is 3. The van der Waals surface area contributed by atoms with Gasteiger partial charge in [0.25, 0.3) is 0 Å². The molecule has 2 atom stereocenters. The van der Waals surface area contributed by atoms with Gasteiger partial charge in [0.05, 0.1) is 0 Å². The van der Waals surface area contributed by atoms with Gasteiger partial charge in [-0.2, -0.15) is 0 Å². The Bertz CT molecular complexity index is 512. The average Bonchev–Trinajstić information content (AvgIpc) is 3.09. The van der Waals surface area contributed by atoms with Gasteiger partial charge < -0.3 is 19.5 Å². The van der Waals surface area contributed by atoms with Gasteiger partial charge in [-0.05, 0) is 39.7 Å². The Hall–Kier alpha value is -1.72. The molecule has 1 saturated heterocycles. The van der Waals surface area contributed by atoms with Crippen LogP contribution in [0.4, 0.5) is 9.59 Å². The number of rotatable bonds is 15. The number of cyclic esters (lactones) is 1. The SMILES string of the molecule is CCCCCCCCCCCCC/C=C/[C@@H](OC(=O)OC(C)(C)C)[C@@H]1COC(=O)N1. The number of carbonyl (C=O) groups is 2. The van der Waals surface area contributed by atoms with Gasteiger partial charge in [0.1, 0.15) is 24.4 Å². The monoisotopic (exact) mass is 425 g/mol. The highest BCUT2D eigenvalue weighted by atomic mass is 16.7. The molecule has 6 heteroatoms. The van der Waals surface area contributed by atoms with E-state index in [0.717, 1.165) is 12.8 Å². The standard InChI is InChI=1S/C24H43NO5/c1-5-6-7-8-9-10-11-12-13-14-15-16-17-18-21(20-19-28-22(26)25-20)29-23(27)30-24(2,3)4/h17-18,20-21H,5-16,19H2,1-4H3,(H,25,26)/b18-17+/t20-,21+/m0/s1. The second-order valence-electron chi connectivity index (χ2n) is 9.15. The molecule has 0 aromatic rings. The van der Waals surface area contributed by atoms with Crippen molar-refractivity contribution in [3.63, 3.8) is 0 Å². The van der Waals surface area contributed by atoms with Crippen LogP contribution in [0, 0.1) is 0 Å². The van der Waals surface area contributed by atoms with Crippen molar-refractivity contribution >= 4 is 12.2 Å². The third-order valence-electron chi connectivity index (χ3n) is 5.02. The van der Waals surface area contributed by atoms with Gasteiger partial charge in [-0.15, -0.1) is 0 Å². The molecule has 0 spiro atoms. The predicted molar refractivity (Wildman–Crippen MR) is 120 cm³/mol. The Morgan fingerprint density at radius 2 is 1.63 bits per heavy atom. The van der Waals surface area contributed by atoms with E-state index >= 15 is 0 Å². The van der Waals surface area contributed by atoms with E-state index in [0.29, 0.717) is 0 Å². The first kappa shape index (κ1) is 26.3. The molecular formula is C24H43NO5. The maximum Gasteiger partial charge on any atom is 0.509 e. The van der Waals surface area contributed by atoms with E-state index < -0.39 is 30.0 Å². The maximum atomic E-state index is 12.0. The molecule has 0 aromatic carbocycles. The van der Waals surface area contributed by atoms with Gasteiger partial charge in [-0.3, -0.25) is 0 Å². The molecule has 6 nitrogen and oxygen atoms in total. The van der Waals surface area contributed by atoms with Crippen LogP contribution in [0.5, 0.6) is 0 Å². The van der Waals surface area contributed by atoms with E-state index in [1.807, 2.05) is 12.2 Å². The molecule has 174 valence electrons. The highest BCUT2D eigenvalue weighted by molar-refractivity contribution is 5.70. The van der Waals surface area contributed by atoms with Crippen molar-refractivity contribution < 1.29 is 23.8 Å². The lowest BCUT2D eigenvalue weighted by Gasteiger charge is -2.23. The molecule has 1 aliphatic rings. The lowest BCUT2D eigenvalue weighted by molar-refractivity contribution is -0.0236. The molecule has 1 aliphatic heterocycles. The van der Waals surface area contributed by atoms with Gasteiger partial charge in [0, 0.05) is 0 Å². The van der Waals surface area contributed by atoms with Crippen LogP contribution < -0.4 is 5.32 Å². The fraction of sp³-hybridized carbons (Fsp3) is 0.833. The van der Waals surface area contributed by atoms with Crippen molar-refractivity contribution in [2.45, 2.75) is 122 Å². The molecule has 1 N–H and O–H groups in total. The van der Waals surface area contributed by atoms with Crippen LogP contribution in [-0.2, 0) is 14.2 Å². The summed E-state index contributed by atoms with van der Waals surface area (Å²) in [5.41, 5.74) is -0.629. The van der Waals surface area contributed by atoms with Crippen molar-refractivity contribution in [1.82, 2.24) is 5.32 Å². The summed E-state index contributed by atoms with van der Waals surface area (Å²) < 4.78 is 15.6. The van der Waals surface area contributed by atoms with E-state index in [4.69, 9.17) is 14.2 Å². The van der Waals surface area contributed by atoms with Crippen LogP contribution in [0.25, 0.3) is 0 Å². The Labute approximate surface area is 183 Å². The highest BCUT2D eigenvalue weighted by Crippen LogP contribution is 2.15. The molecule has 1 rings (SSSR count). The van der Waals surface area contributed by atoms with Crippen LogP contribution in [0.3, 0.4) is 0 Å².